The van der Waals surface area contributed by atoms with Crippen LogP contribution in [0.4, 0.5) is 0 Å². The molecule has 0 amide bonds. The lowest BCUT2D eigenvalue weighted by Crippen LogP contribution is -2.55. The first kappa shape index (κ1) is 20.6. The number of ether oxygens (including phenoxy) is 1. The standard InChI is InChI=1S/C24H37N3O3/c1-23(29)8-6-16-15-7-9-24(2)19(17(15)12-22(30-3)18(16)13-23)4-5-20(24)21(28)14-27-11-10-25-26-27/h10-11,15-20,22,29H,4-9,12-14H2,1-3H3/t15-,16-,17-,18-,19+,20?,22-,23-,24+/m1/s1. The van der Waals surface area contributed by atoms with Crippen LogP contribution in [0.15, 0.2) is 12.4 Å². The first-order valence-electron chi connectivity index (χ1n) is 11.9. The Bertz CT molecular complexity index is 779. The maximum Gasteiger partial charge on any atom is 0.157 e. The summed E-state index contributed by atoms with van der Waals surface area (Å²) in [6.45, 7) is 4.74. The molecule has 0 saturated heterocycles. The van der Waals surface area contributed by atoms with Crippen LogP contribution in [0.1, 0.15) is 65.2 Å². The van der Waals surface area contributed by atoms with Gasteiger partial charge in [-0.3, -0.25) is 4.79 Å². The molecule has 0 spiro atoms. The van der Waals surface area contributed by atoms with Gasteiger partial charge in [0.2, 0.25) is 0 Å². The molecule has 6 heteroatoms. The van der Waals surface area contributed by atoms with Gasteiger partial charge in [-0.15, -0.1) is 5.10 Å². The highest BCUT2D eigenvalue weighted by Gasteiger charge is 2.60. The van der Waals surface area contributed by atoms with Gasteiger partial charge in [-0.25, -0.2) is 4.68 Å². The largest absolute Gasteiger partial charge is 0.390 e. The van der Waals surface area contributed by atoms with Crippen molar-refractivity contribution in [2.45, 2.75) is 83.5 Å². The van der Waals surface area contributed by atoms with E-state index in [4.69, 9.17) is 4.74 Å². The lowest BCUT2D eigenvalue weighted by molar-refractivity contribution is -0.155. The van der Waals surface area contributed by atoms with Crippen LogP contribution in [-0.2, 0) is 16.1 Å². The van der Waals surface area contributed by atoms with Gasteiger partial charge in [-0.1, -0.05) is 12.1 Å². The summed E-state index contributed by atoms with van der Waals surface area (Å²) >= 11 is 0. The third kappa shape index (κ3) is 3.26. The Balaban J connectivity index is 1.36. The number of hydrogen-bond donors (Lipinski definition) is 1. The minimum atomic E-state index is -0.541. The average molecular weight is 416 g/mol. The van der Waals surface area contributed by atoms with Gasteiger partial charge < -0.3 is 9.84 Å². The lowest BCUT2D eigenvalue weighted by atomic mass is 9.48. The quantitative estimate of drug-likeness (QED) is 0.814. The van der Waals surface area contributed by atoms with E-state index in [2.05, 4.69) is 17.2 Å². The molecule has 4 aliphatic rings. The summed E-state index contributed by atoms with van der Waals surface area (Å²) in [7, 11) is 1.85. The Labute approximate surface area is 179 Å². The van der Waals surface area contributed by atoms with Crippen molar-refractivity contribution in [3.8, 4) is 0 Å². The van der Waals surface area contributed by atoms with E-state index in [0.29, 0.717) is 36.0 Å². The molecule has 1 unspecified atom stereocenters. The molecule has 0 aliphatic heterocycles. The Morgan fingerprint density at radius 1 is 1.13 bits per heavy atom. The van der Waals surface area contributed by atoms with Crippen molar-refractivity contribution in [1.82, 2.24) is 15.0 Å². The van der Waals surface area contributed by atoms with Crippen molar-refractivity contribution in [3.05, 3.63) is 12.4 Å². The summed E-state index contributed by atoms with van der Waals surface area (Å²) < 4.78 is 7.70. The number of rotatable bonds is 4. The molecule has 5 rings (SSSR count). The van der Waals surface area contributed by atoms with Crippen molar-refractivity contribution >= 4 is 5.78 Å². The zero-order valence-electron chi connectivity index (χ0n) is 18.7. The Kier molecular flexibility index (Phi) is 5.09. The van der Waals surface area contributed by atoms with E-state index in [-0.39, 0.29) is 17.4 Å². The molecule has 6 nitrogen and oxygen atoms in total. The summed E-state index contributed by atoms with van der Waals surface area (Å²) in [6, 6.07) is 0. The van der Waals surface area contributed by atoms with E-state index in [1.165, 1.54) is 6.42 Å². The van der Waals surface area contributed by atoms with Crippen LogP contribution in [0.5, 0.6) is 0 Å². The summed E-state index contributed by atoms with van der Waals surface area (Å²) in [5.74, 6) is 3.62. The highest BCUT2D eigenvalue weighted by atomic mass is 16.5. The second kappa shape index (κ2) is 7.40. The van der Waals surface area contributed by atoms with Gasteiger partial charge in [-0.05, 0) is 93.3 Å². The maximum atomic E-state index is 13.2. The van der Waals surface area contributed by atoms with Crippen LogP contribution >= 0.6 is 0 Å². The molecule has 30 heavy (non-hydrogen) atoms. The van der Waals surface area contributed by atoms with Crippen molar-refractivity contribution < 1.29 is 14.6 Å². The number of aromatic nitrogens is 3. The number of carbonyl (C=O) groups is 1. The van der Waals surface area contributed by atoms with Crippen LogP contribution in [-0.4, -0.2) is 44.7 Å². The van der Waals surface area contributed by atoms with Gasteiger partial charge in [0.05, 0.1) is 17.9 Å². The van der Waals surface area contributed by atoms with E-state index < -0.39 is 5.60 Å². The van der Waals surface area contributed by atoms with Crippen molar-refractivity contribution in [1.29, 1.82) is 0 Å². The molecule has 4 aliphatic carbocycles. The van der Waals surface area contributed by atoms with E-state index in [9.17, 15) is 9.90 Å². The van der Waals surface area contributed by atoms with Crippen LogP contribution in [0, 0.1) is 40.9 Å². The highest BCUT2D eigenvalue weighted by molar-refractivity contribution is 5.82. The van der Waals surface area contributed by atoms with Gasteiger partial charge in [0.25, 0.3) is 0 Å². The Morgan fingerprint density at radius 2 is 1.90 bits per heavy atom. The number of carbonyl (C=O) groups excluding carboxylic acids is 1. The van der Waals surface area contributed by atoms with Crippen LogP contribution in [0.3, 0.4) is 0 Å². The van der Waals surface area contributed by atoms with Crippen molar-refractivity contribution in [2.75, 3.05) is 7.11 Å². The second-order valence-electron chi connectivity index (χ2n) is 11.3. The van der Waals surface area contributed by atoms with Gasteiger partial charge in [0, 0.05) is 19.2 Å². The molecule has 1 aromatic heterocycles. The van der Waals surface area contributed by atoms with Gasteiger partial charge >= 0.3 is 0 Å². The Hall–Kier alpha value is -1.27. The normalized spacial score (nSPS) is 47.9. The Morgan fingerprint density at radius 3 is 2.63 bits per heavy atom. The number of fused-ring (bicyclic) bond motifs is 5. The molecule has 1 N–H and O–H groups in total. The number of ketones is 1. The van der Waals surface area contributed by atoms with Crippen molar-refractivity contribution in [3.63, 3.8) is 0 Å². The monoisotopic (exact) mass is 415 g/mol. The summed E-state index contributed by atoms with van der Waals surface area (Å²) in [5.41, 5.74) is -0.440. The summed E-state index contributed by atoms with van der Waals surface area (Å²) in [4.78, 5) is 13.2. The first-order chi connectivity index (χ1) is 14.3. The predicted molar refractivity (Wildman–Crippen MR) is 112 cm³/mol. The number of hydrogen-bond acceptors (Lipinski definition) is 5. The molecule has 0 aromatic carbocycles. The van der Waals surface area contributed by atoms with Gasteiger partial charge in [-0.2, -0.15) is 0 Å². The van der Waals surface area contributed by atoms with Crippen LogP contribution < -0.4 is 0 Å². The smallest absolute Gasteiger partial charge is 0.157 e. The molecular weight excluding hydrogens is 378 g/mol. The number of aliphatic hydroxyl groups is 1. The highest BCUT2D eigenvalue weighted by Crippen LogP contribution is 2.65. The zero-order chi connectivity index (χ0) is 21.1. The molecule has 0 radical (unpaired) electrons. The fourth-order valence-corrected chi connectivity index (χ4v) is 8.41. The van der Waals surface area contributed by atoms with Crippen molar-refractivity contribution in [2.24, 2.45) is 40.9 Å². The first-order valence-corrected chi connectivity index (χ1v) is 11.9. The van der Waals surface area contributed by atoms with Crippen LogP contribution in [0.25, 0.3) is 0 Å². The van der Waals surface area contributed by atoms with Gasteiger partial charge in [0.15, 0.2) is 5.78 Å². The van der Waals surface area contributed by atoms with Gasteiger partial charge in [0.1, 0.15) is 6.54 Å². The number of methoxy groups -OCH3 is 1. The number of nitrogens with zero attached hydrogens (tertiary/aromatic N) is 3. The predicted octanol–water partition coefficient (Wildman–Crippen LogP) is 3.49. The van der Waals surface area contributed by atoms with E-state index >= 15 is 0 Å². The molecular formula is C24H37N3O3. The number of Topliss-reactive ketones (excluding diaryl/α,β-unsaturated/α-hetero) is 1. The lowest BCUT2D eigenvalue weighted by Gasteiger charge is -2.58. The topological polar surface area (TPSA) is 77.2 Å². The molecule has 9 atom stereocenters. The minimum Gasteiger partial charge on any atom is -0.390 e. The molecule has 1 aromatic rings. The summed E-state index contributed by atoms with van der Waals surface area (Å²) in [5, 5.41) is 18.6. The summed E-state index contributed by atoms with van der Waals surface area (Å²) in [6.07, 6.45) is 12.2. The fourth-order valence-electron chi connectivity index (χ4n) is 8.41. The molecule has 1 heterocycles. The molecule has 166 valence electrons. The third-order valence-electron chi connectivity index (χ3n) is 9.75. The third-order valence-corrected chi connectivity index (χ3v) is 9.75. The van der Waals surface area contributed by atoms with Crippen LogP contribution in [0.2, 0.25) is 0 Å². The minimum absolute atomic E-state index is 0.101. The fraction of sp³-hybridized carbons (Fsp3) is 0.875. The van der Waals surface area contributed by atoms with E-state index in [1.54, 1.807) is 17.1 Å². The van der Waals surface area contributed by atoms with E-state index in [0.717, 1.165) is 50.9 Å². The average Bonchev–Trinajstić information content (AvgIpc) is 3.33. The van der Waals surface area contributed by atoms with E-state index in [1.807, 2.05) is 14.0 Å². The molecule has 0 bridgehead atoms. The zero-order valence-corrected chi connectivity index (χ0v) is 18.7. The maximum absolute atomic E-state index is 13.2. The molecule has 4 fully saturated rings. The molecule has 4 saturated carbocycles. The second-order valence-corrected chi connectivity index (χ2v) is 11.3. The SMILES string of the molecule is CO[C@@H]1C[C@@H]2[C@H](CC[C@]3(C)C(C(=O)Cn4ccnn4)CC[C@@H]23)[C@H]2CC[C@@](C)(O)C[C@H]21.